The van der Waals surface area contributed by atoms with Gasteiger partial charge in [-0.2, -0.15) is 0 Å². The standard InChI is InChI=1S/C16H19NS2/c1-2-13-7-8-14(18-13)10-17-11-15-9-12-5-3-4-6-16(12)19-15/h3-8,15,17H,2,9-11H2,1H3. The molecule has 1 N–H and O–H groups in total. The molecule has 0 saturated carbocycles. The maximum absolute atomic E-state index is 3.61. The van der Waals surface area contributed by atoms with Crippen LogP contribution in [0.5, 0.6) is 0 Å². The van der Waals surface area contributed by atoms with Crippen molar-refractivity contribution < 1.29 is 0 Å². The average Bonchev–Trinajstić information content (AvgIpc) is 3.04. The number of hydrogen-bond donors (Lipinski definition) is 1. The van der Waals surface area contributed by atoms with E-state index in [0.717, 1.165) is 19.5 Å². The molecule has 0 radical (unpaired) electrons. The third-order valence-electron chi connectivity index (χ3n) is 3.45. The normalized spacial score (nSPS) is 17.6. The van der Waals surface area contributed by atoms with Gasteiger partial charge >= 0.3 is 0 Å². The summed E-state index contributed by atoms with van der Waals surface area (Å²) in [4.78, 5) is 4.41. The van der Waals surface area contributed by atoms with Crippen LogP contribution in [0.4, 0.5) is 0 Å². The summed E-state index contributed by atoms with van der Waals surface area (Å²) in [7, 11) is 0. The van der Waals surface area contributed by atoms with Gasteiger partial charge in [0, 0.05) is 33.0 Å². The van der Waals surface area contributed by atoms with Gasteiger partial charge in [0.2, 0.25) is 0 Å². The Bertz CT molecular complexity index is 522. The summed E-state index contributed by atoms with van der Waals surface area (Å²) in [6, 6.07) is 13.3. The first-order chi connectivity index (χ1) is 9.35. The molecule has 1 aromatic heterocycles. The molecule has 0 amide bonds. The van der Waals surface area contributed by atoms with Crippen molar-refractivity contribution in [2.24, 2.45) is 0 Å². The van der Waals surface area contributed by atoms with Crippen LogP contribution in [-0.2, 0) is 19.4 Å². The van der Waals surface area contributed by atoms with Crippen LogP contribution in [-0.4, -0.2) is 11.8 Å². The highest BCUT2D eigenvalue weighted by Gasteiger charge is 2.21. The van der Waals surface area contributed by atoms with E-state index in [2.05, 4.69) is 48.6 Å². The van der Waals surface area contributed by atoms with Crippen LogP contribution >= 0.6 is 23.1 Å². The Hall–Kier alpha value is -0.770. The van der Waals surface area contributed by atoms with Gasteiger partial charge in [0.1, 0.15) is 0 Å². The number of benzene rings is 1. The zero-order valence-electron chi connectivity index (χ0n) is 11.2. The number of hydrogen-bond acceptors (Lipinski definition) is 3. The Morgan fingerprint density at radius 3 is 2.79 bits per heavy atom. The van der Waals surface area contributed by atoms with Crippen LogP contribution in [0, 0.1) is 0 Å². The molecule has 0 saturated heterocycles. The lowest BCUT2D eigenvalue weighted by molar-refractivity contribution is 0.670. The van der Waals surface area contributed by atoms with E-state index in [1.807, 2.05) is 23.1 Å². The lowest BCUT2D eigenvalue weighted by Gasteiger charge is -2.09. The molecular formula is C16H19NS2. The molecule has 1 aliphatic heterocycles. The lowest BCUT2D eigenvalue weighted by atomic mass is 10.1. The molecule has 0 fully saturated rings. The molecule has 0 aliphatic carbocycles. The van der Waals surface area contributed by atoms with Crippen molar-refractivity contribution in [3.05, 3.63) is 51.7 Å². The van der Waals surface area contributed by atoms with Gasteiger partial charge < -0.3 is 5.32 Å². The van der Waals surface area contributed by atoms with Crippen LogP contribution in [0.2, 0.25) is 0 Å². The minimum atomic E-state index is 0.697. The first-order valence-electron chi connectivity index (χ1n) is 6.88. The second-order valence-electron chi connectivity index (χ2n) is 4.90. The molecule has 1 atom stereocenters. The zero-order valence-corrected chi connectivity index (χ0v) is 12.8. The van der Waals surface area contributed by atoms with Crippen LogP contribution in [0.1, 0.15) is 22.2 Å². The predicted molar refractivity (Wildman–Crippen MR) is 85.2 cm³/mol. The number of nitrogens with one attached hydrogen (secondary N) is 1. The smallest absolute Gasteiger partial charge is 0.0300 e. The second kappa shape index (κ2) is 6.12. The predicted octanol–water partition coefficient (Wildman–Crippen LogP) is 4.12. The molecule has 2 heterocycles. The monoisotopic (exact) mass is 289 g/mol. The largest absolute Gasteiger partial charge is 0.311 e. The highest BCUT2D eigenvalue weighted by atomic mass is 32.2. The van der Waals surface area contributed by atoms with Gasteiger partial charge in [-0.25, -0.2) is 0 Å². The molecular weight excluding hydrogens is 270 g/mol. The van der Waals surface area contributed by atoms with Crippen LogP contribution in [0.15, 0.2) is 41.3 Å². The van der Waals surface area contributed by atoms with Gasteiger partial charge in [-0.05, 0) is 36.6 Å². The summed E-state index contributed by atoms with van der Waals surface area (Å²) in [5.41, 5.74) is 1.52. The van der Waals surface area contributed by atoms with E-state index in [9.17, 15) is 0 Å². The van der Waals surface area contributed by atoms with Gasteiger partial charge in [-0.1, -0.05) is 25.1 Å². The molecule has 2 aromatic rings. The van der Waals surface area contributed by atoms with Crippen molar-refractivity contribution in [1.82, 2.24) is 5.32 Å². The quantitative estimate of drug-likeness (QED) is 0.888. The summed E-state index contributed by atoms with van der Waals surface area (Å²) < 4.78 is 0. The summed E-state index contributed by atoms with van der Waals surface area (Å²) in [5.74, 6) is 0. The molecule has 1 unspecified atom stereocenters. The maximum Gasteiger partial charge on any atom is 0.0300 e. The molecule has 1 aliphatic rings. The number of thiophene rings is 1. The van der Waals surface area contributed by atoms with E-state index in [1.165, 1.54) is 26.6 Å². The van der Waals surface area contributed by atoms with E-state index in [-0.39, 0.29) is 0 Å². The first kappa shape index (κ1) is 13.2. The van der Waals surface area contributed by atoms with Gasteiger partial charge in [0.25, 0.3) is 0 Å². The molecule has 1 aromatic carbocycles. The van der Waals surface area contributed by atoms with E-state index in [4.69, 9.17) is 0 Å². The molecule has 3 rings (SSSR count). The molecule has 19 heavy (non-hydrogen) atoms. The maximum atomic E-state index is 3.61. The highest BCUT2D eigenvalue weighted by Crippen LogP contribution is 2.36. The fourth-order valence-electron chi connectivity index (χ4n) is 2.43. The van der Waals surface area contributed by atoms with Gasteiger partial charge in [0.05, 0.1) is 0 Å². The van der Waals surface area contributed by atoms with Crippen molar-refractivity contribution in [3.63, 3.8) is 0 Å². The highest BCUT2D eigenvalue weighted by molar-refractivity contribution is 8.00. The summed E-state index contributed by atoms with van der Waals surface area (Å²) in [5, 5.41) is 4.30. The van der Waals surface area contributed by atoms with E-state index < -0.39 is 0 Å². The number of aryl methyl sites for hydroxylation is 1. The lowest BCUT2D eigenvalue weighted by Crippen LogP contribution is -2.23. The van der Waals surface area contributed by atoms with Crippen molar-refractivity contribution in [1.29, 1.82) is 0 Å². The van der Waals surface area contributed by atoms with E-state index >= 15 is 0 Å². The van der Waals surface area contributed by atoms with Crippen molar-refractivity contribution >= 4 is 23.1 Å². The minimum Gasteiger partial charge on any atom is -0.311 e. The summed E-state index contributed by atoms with van der Waals surface area (Å²) >= 11 is 3.96. The molecule has 1 nitrogen and oxygen atoms in total. The summed E-state index contributed by atoms with van der Waals surface area (Å²) in [6.07, 6.45) is 2.36. The van der Waals surface area contributed by atoms with E-state index in [0.29, 0.717) is 5.25 Å². The van der Waals surface area contributed by atoms with Crippen molar-refractivity contribution in [2.75, 3.05) is 6.54 Å². The van der Waals surface area contributed by atoms with Crippen molar-refractivity contribution in [3.8, 4) is 0 Å². The van der Waals surface area contributed by atoms with Gasteiger partial charge in [-0.15, -0.1) is 23.1 Å². The van der Waals surface area contributed by atoms with E-state index in [1.54, 1.807) is 0 Å². The SMILES string of the molecule is CCc1ccc(CNCC2Cc3ccccc3S2)s1. The summed E-state index contributed by atoms with van der Waals surface area (Å²) in [6.45, 7) is 4.33. The Labute approximate surface area is 123 Å². The number of fused-ring (bicyclic) bond motifs is 1. The molecule has 0 bridgehead atoms. The number of thioether (sulfide) groups is 1. The molecule has 100 valence electrons. The third kappa shape index (κ3) is 3.22. The Balaban J connectivity index is 1.47. The first-order valence-corrected chi connectivity index (χ1v) is 8.57. The minimum absolute atomic E-state index is 0.697. The Morgan fingerprint density at radius 2 is 2.00 bits per heavy atom. The van der Waals surface area contributed by atoms with Crippen molar-refractivity contribution in [2.45, 2.75) is 36.5 Å². The fourth-order valence-corrected chi connectivity index (χ4v) is 4.64. The van der Waals surface area contributed by atoms with Gasteiger partial charge in [-0.3, -0.25) is 0 Å². The number of rotatable bonds is 5. The average molecular weight is 289 g/mol. The van der Waals surface area contributed by atoms with Crippen LogP contribution < -0.4 is 5.32 Å². The molecule has 3 heteroatoms. The topological polar surface area (TPSA) is 12.0 Å². The molecule has 0 spiro atoms. The second-order valence-corrected chi connectivity index (χ2v) is 7.50. The Morgan fingerprint density at radius 1 is 1.16 bits per heavy atom. The Kier molecular flexibility index (Phi) is 4.26. The van der Waals surface area contributed by atoms with Crippen LogP contribution in [0.3, 0.4) is 0 Å². The third-order valence-corrected chi connectivity index (χ3v) is 6.00. The zero-order chi connectivity index (χ0) is 13.1. The van der Waals surface area contributed by atoms with Gasteiger partial charge in [0.15, 0.2) is 0 Å². The fraction of sp³-hybridized carbons (Fsp3) is 0.375. The van der Waals surface area contributed by atoms with Crippen LogP contribution in [0.25, 0.3) is 0 Å².